The van der Waals surface area contributed by atoms with Gasteiger partial charge in [-0.25, -0.2) is 4.98 Å². The first kappa shape index (κ1) is 14.1. The summed E-state index contributed by atoms with van der Waals surface area (Å²) < 4.78 is 0. The molecule has 5 nitrogen and oxygen atoms in total. The van der Waals surface area contributed by atoms with E-state index in [1.807, 2.05) is 5.38 Å². The Hall–Kier alpha value is -0.980. The van der Waals surface area contributed by atoms with Crippen molar-refractivity contribution in [2.24, 2.45) is 5.73 Å². The van der Waals surface area contributed by atoms with Gasteiger partial charge in [-0.05, 0) is 13.6 Å². The molecule has 1 atom stereocenters. The van der Waals surface area contributed by atoms with Crippen LogP contribution in [0.1, 0.15) is 23.5 Å². The van der Waals surface area contributed by atoms with Gasteiger partial charge in [-0.3, -0.25) is 9.69 Å². The predicted molar refractivity (Wildman–Crippen MR) is 68.4 cm³/mol. The fourth-order valence-electron chi connectivity index (χ4n) is 1.65. The molecule has 6 heteroatoms. The zero-order valence-corrected chi connectivity index (χ0v) is 11.0. The molecule has 0 aliphatic heterocycles. The number of carboxylic acid groups (broad SMARTS) is 1. The second-order valence-electron chi connectivity index (χ2n) is 4.21. The number of thiazole rings is 1. The van der Waals surface area contributed by atoms with Gasteiger partial charge in [0.25, 0.3) is 0 Å². The topological polar surface area (TPSA) is 79.5 Å². The minimum atomic E-state index is -0.803. The van der Waals surface area contributed by atoms with Crippen molar-refractivity contribution in [2.45, 2.75) is 19.3 Å². The maximum atomic E-state index is 10.5. The van der Waals surface area contributed by atoms with Crippen LogP contribution in [-0.2, 0) is 11.2 Å². The van der Waals surface area contributed by atoms with Crippen LogP contribution < -0.4 is 5.73 Å². The first-order chi connectivity index (χ1) is 8.02. The van der Waals surface area contributed by atoms with Crippen molar-refractivity contribution in [2.75, 3.05) is 26.7 Å². The SMILES string of the molecule is CC(CN(C)CC(=O)O)c1nc(CCN)cs1. The van der Waals surface area contributed by atoms with Crippen LogP contribution in [0, 0.1) is 0 Å². The summed E-state index contributed by atoms with van der Waals surface area (Å²) in [6.45, 7) is 3.42. The number of carboxylic acids is 1. The van der Waals surface area contributed by atoms with Crippen LogP contribution in [-0.4, -0.2) is 47.6 Å². The van der Waals surface area contributed by atoms with Crippen LogP contribution in [0.25, 0.3) is 0 Å². The lowest BCUT2D eigenvalue weighted by Crippen LogP contribution is -2.29. The van der Waals surface area contributed by atoms with E-state index >= 15 is 0 Å². The van der Waals surface area contributed by atoms with Crippen molar-refractivity contribution in [3.63, 3.8) is 0 Å². The van der Waals surface area contributed by atoms with Gasteiger partial charge in [-0.15, -0.1) is 11.3 Å². The molecule has 1 heterocycles. The van der Waals surface area contributed by atoms with Crippen molar-refractivity contribution in [1.29, 1.82) is 0 Å². The van der Waals surface area contributed by atoms with Gasteiger partial charge in [0.1, 0.15) is 0 Å². The smallest absolute Gasteiger partial charge is 0.317 e. The number of aliphatic carboxylic acids is 1. The lowest BCUT2D eigenvalue weighted by molar-refractivity contribution is -0.138. The molecular formula is C11H19N3O2S. The highest BCUT2D eigenvalue weighted by Gasteiger charge is 2.14. The molecule has 0 spiro atoms. The zero-order chi connectivity index (χ0) is 12.8. The molecule has 3 N–H and O–H groups in total. The first-order valence-corrected chi connectivity index (χ1v) is 6.45. The molecule has 1 unspecified atom stereocenters. The molecule has 0 saturated carbocycles. The molecule has 0 bridgehead atoms. The third kappa shape index (κ3) is 4.80. The number of rotatable bonds is 7. The van der Waals surface area contributed by atoms with Crippen molar-refractivity contribution < 1.29 is 9.90 Å². The van der Waals surface area contributed by atoms with Crippen LogP contribution >= 0.6 is 11.3 Å². The fourth-order valence-corrected chi connectivity index (χ4v) is 2.56. The number of nitrogens with zero attached hydrogens (tertiary/aromatic N) is 2. The number of aromatic nitrogens is 1. The summed E-state index contributed by atoms with van der Waals surface area (Å²) in [5.74, 6) is -0.557. The molecule has 0 radical (unpaired) electrons. The summed E-state index contributed by atoms with van der Waals surface area (Å²) in [6, 6.07) is 0. The molecule has 1 aromatic rings. The van der Waals surface area contributed by atoms with Gasteiger partial charge in [0.05, 0.1) is 17.2 Å². The predicted octanol–water partition coefficient (Wildman–Crippen LogP) is 0.764. The van der Waals surface area contributed by atoms with E-state index in [1.165, 1.54) is 0 Å². The summed E-state index contributed by atoms with van der Waals surface area (Å²) in [5, 5.41) is 11.7. The standard InChI is InChI=1S/C11H19N3O2S/c1-8(5-14(2)6-10(15)16)11-13-9(3-4-12)7-17-11/h7-8H,3-6,12H2,1-2H3,(H,15,16). The van der Waals surface area contributed by atoms with Crippen LogP contribution in [0.5, 0.6) is 0 Å². The Labute approximate surface area is 105 Å². The molecule has 0 amide bonds. The minimum absolute atomic E-state index is 0.0609. The van der Waals surface area contributed by atoms with E-state index < -0.39 is 5.97 Å². The quantitative estimate of drug-likeness (QED) is 0.754. The molecule has 1 rings (SSSR count). The third-order valence-electron chi connectivity index (χ3n) is 2.38. The molecule has 1 aromatic heterocycles. The Morgan fingerprint density at radius 3 is 3.00 bits per heavy atom. The average Bonchev–Trinajstić information content (AvgIpc) is 2.65. The Morgan fingerprint density at radius 2 is 2.41 bits per heavy atom. The highest BCUT2D eigenvalue weighted by Crippen LogP contribution is 2.20. The lowest BCUT2D eigenvalue weighted by atomic mass is 10.2. The van der Waals surface area contributed by atoms with Gasteiger partial charge >= 0.3 is 5.97 Å². The van der Waals surface area contributed by atoms with Crippen LogP contribution in [0.3, 0.4) is 0 Å². The normalized spacial score (nSPS) is 12.9. The average molecular weight is 257 g/mol. The number of nitrogens with two attached hydrogens (primary N) is 1. The largest absolute Gasteiger partial charge is 0.480 e. The van der Waals surface area contributed by atoms with Gasteiger partial charge < -0.3 is 10.8 Å². The molecular weight excluding hydrogens is 238 g/mol. The molecule has 0 aliphatic carbocycles. The van der Waals surface area contributed by atoms with Crippen molar-refractivity contribution in [1.82, 2.24) is 9.88 Å². The second kappa shape index (κ2) is 6.68. The number of likely N-dealkylation sites (N-methyl/N-ethyl adjacent to an activating group) is 1. The molecule has 0 aliphatic rings. The summed E-state index contributed by atoms with van der Waals surface area (Å²) in [7, 11) is 1.80. The summed E-state index contributed by atoms with van der Waals surface area (Å²) in [4.78, 5) is 16.8. The maximum absolute atomic E-state index is 10.5. The summed E-state index contributed by atoms with van der Waals surface area (Å²) in [6.07, 6.45) is 0.800. The van der Waals surface area contributed by atoms with Crippen molar-refractivity contribution in [3.05, 3.63) is 16.1 Å². The minimum Gasteiger partial charge on any atom is -0.480 e. The highest BCUT2D eigenvalue weighted by molar-refractivity contribution is 7.09. The molecule has 0 fully saturated rings. The van der Waals surface area contributed by atoms with E-state index in [4.69, 9.17) is 10.8 Å². The molecule has 96 valence electrons. The Balaban J connectivity index is 2.50. The molecule has 17 heavy (non-hydrogen) atoms. The molecule has 0 aromatic carbocycles. The number of hydrogen-bond acceptors (Lipinski definition) is 5. The third-order valence-corrected chi connectivity index (χ3v) is 3.51. The van der Waals surface area contributed by atoms with E-state index in [2.05, 4.69) is 11.9 Å². The Bertz CT molecular complexity index is 367. The van der Waals surface area contributed by atoms with Crippen molar-refractivity contribution >= 4 is 17.3 Å². The van der Waals surface area contributed by atoms with Gasteiger partial charge in [-0.2, -0.15) is 0 Å². The fraction of sp³-hybridized carbons (Fsp3) is 0.636. The summed E-state index contributed by atoms with van der Waals surface area (Å²) >= 11 is 1.62. The van der Waals surface area contributed by atoms with Gasteiger partial charge in [0, 0.05) is 24.3 Å². The second-order valence-corrected chi connectivity index (χ2v) is 5.10. The van der Waals surface area contributed by atoms with E-state index in [0.29, 0.717) is 13.1 Å². The lowest BCUT2D eigenvalue weighted by Gasteiger charge is -2.17. The van der Waals surface area contributed by atoms with Crippen LogP contribution in [0.4, 0.5) is 0 Å². The Kier molecular flexibility index (Phi) is 5.54. The van der Waals surface area contributed by atoms with Crippen LogP contribution in [0.2, 0.25) is 0 Å². The van der Waals surface area contributed by atoms with Gasteiger partial charge in [-0.1, -0.05) is 6.92 Å². The summed E-state index contributed by atoms with van der Waals surface area (Å²) in [5.41, 5.74) is 6.50. The van der Waals surface area contributed by atoms with Gasteiger partial charge in [0.15, 0.2) is 0 Å². The van der Waals surface area contributed by atoms with E-state index in [1.54, 1.807) is 23.3 Å². The highest BCUT2D eigenvalue weighted by atomic mass is 32.1. The van der Waals surface area contributed by atoms with Crippen molar-refractivity contribution in [3.8, 4) is 0 Å². The van der Waals surface area contributed by atoms with E-state index in [0.717, 1.165) is 17.1 Å². The van der Waals surface area contributed by atoms with Crippen LogP contribution in [0.15, 0.2) is 5.38 Å². The van der Waals surface area contributed by atoms with Gasteiger partial charge in [0.2, 0.25) is 0 Å². The molecule has 0 saturated heterocycles. The number of carbonyl (C=O) groups is 1. The maximum Gasteiger partial charge on any atom is 0.317 e. The Morgan fingerprint density at radius 1 is 1.71 bits per heavy atom. The van der Waals surface area contributed by atoms with E-state index in [9.17, 15) is 4.79 Å². The zero-order valence-electron chi connectivity index (χ0n) is 10.2. The monoisotopic (exact) mass is 257 g/mol. The van der Waals surface area contributed by atoms with E-state index in [-0.39, 0.29) is 12.5 Å². The first-order valence-electron chi connectivity index (χ1n) is 5.57. The number of hydrogen-bond donors (Lipinski definition) is 2.